The van der Waals surface area contributed by atoms with Gasteiger partial charge in [0.15, 0.2) is 0 Å². The van der Waals surface area contributed by atoms with Crippen molar-refractivity contribution in [3.05, 3.63) is 154 Å². The van der Waals surface area contributed by atoms with E-state index in [1.165, 1.54) is 11.8 Å². The summed E-state index contributed by atoms with van der Waals surface area (Å²) in [6, 6.07) is 38.3. The molecule has 9 heteroatoms. The minimum absolute atomic E-state index is 0.0903. The number of hydrogen-bond donors (Lipinski definition) is 3. The SMILES string of the molecule is O=C(CSc1ccc(NC(=O)/C(=C/c2ccc(-c3ccccc3)cc2)NC(=O)c2ccccc2)cc1)Nc1cc(Cl)cc(Cl)c1. The van der Waals surface area contributed by atoms with Crippen LogP contribution in [0.3, 0.4) is 0 Å². The van der Waals surface area contributed by atoms with Crippen molar-refractivity contribution in [3.63, 3.8) is 0 Å². The number of carbonyl (C=O) groups excluding carboxylic acids is 3. The van der Waals surface area contributed by atoms with Crippen molar-refractivity contribution in [2.75, 3.05) is 16.4 Å². The Hall–Kier alpha value is -4.82. The number of halogens is 2. The zero-order valence-corrected chi connectivity index (χ0v) is 26.1. The van der Waals surface area contributed by atoms with E-state index in [0.717, 1.165) is 21.6 Å². The Morgan fingerprint density at radius 1 is 0.644 bits per heavy atom. The van der Waals surface area contributed by atoms with Crippen molar-refractivity contribution in [1.29, 1.82) is 0 Å². The fourth-order valence-corrected chi connectivity index (χ4v) is 5.54. The summed E-state index contributed by atoms with van der Waals surface area (Å²) in [6.07, 6.45) is 1.64. The van der Waals surface area contributed by atoms with E-state index in [0.29, 0.717) is 27.0 Å². The number of rotatable bonds is 10. The first-order valence-corrected chi connectivity index (χ1v) is 15.6. The predicted octanol–water partition coefficient (Wildman–Crippen LogP) is 8.80. The maximum Gasteiger partial charge on any atom is 0.272 e. The van der Waals surface area contributed by atoms with E-state index in [9.17, 15) is 14.4 Å². The van der Waals surface area contributed by atoms with Crippen LogP contribution in [0.5, 0.6) is 0 Å². The number of hydrogen-bond acceptors (Lipinski definition) is 4. The highest BCUT2D eigenvalue weighted by Gasteiger charge is 2.15. The Bertz CT molecular complexity index is 1810. The molecule has 0 atom stereocenters. The summed E-state index contributed by atoms with van der Waals surface area (Å²) in [5.74, 6) is -0.928. The Balaban J connectivity index is 1.26. The van der Waals surface area contributed by atoms with E-state index < -0.39 is 11.8 Å². The zero-order chi connectivity index (χ0) is 31.6. The summed E-state index contributed by atoms with van der Waals surface area (Å²) < 4.78 is 0. The van der Waals surface area contributed by atoms with E-state index in [1.807, 2.05) is 60.7 Å². The van der Waals surface area contributed by atoms with Crippen LogP contribution in [0.15, 0.2) is 138 Å². The van der Waals surface area contributed by atoms with Gasteiger partial charge < -0.3 is 16.0 Å². The fraction of sp³-hybridized carbons (Fsp3) is 0.0278. The van der Waals surface area contributed by atoms with Crippen LogP contribution in [-0.2, 0) is 9.59 Å². The molecule has 0 aliphatic heterocycles. The van der Waals surface area contributed by atoms with Gasteiger partial charge in [-0.15, -0.1) is 11.8 Å². The quantitative estimate of drug-likeness (QED) is 0.104. The van der Waals surface area contributed by atoms with Gasteiger partial charge in [-0.25, -0.2) is 0 Å². The summed E-state index contributed by atoms with van der Waals surface area (Å²) >= 11 is 13.3. The molecule has 5 aromatic rings. The average molecular weight is 653 g/mol. The van der Waals surface area contributed by atoms with Gasteiger partial charge in [-0.05, 0) is 77.4 Å². The smallest absolute Gasteiger partial charge is 0.272 e. The molecule has 0 radical (unpaired) electrons. The highest BCUT2D eigenvalue weighted by atomic mass is 35.5. The highest BCUT2D eigenvalue weighted by Crippen LogP contribution is 2.25. The van der Waals surface area contributed by atoms with Crippen LogP contribution < -0.4 is 16.0 Å². The standard InChI is InChI=1S/C36H27Cl2N3O3S/c37-28-20-29(38)22-31(21-28)39-34(42)23-45-32-17-15-30(16-18-32)40-36(44)33(41-35(43)27-9-5-2-6-10-27)19-24-11-13-26(14-12-24)25-7-3-1-4-8-25/h1-22H,23H2,(H,39,42)(H,40,44)(H,41,43)/b33-19-. The van der Waals surface area contributed by atoms with Crippen LogP contribution in [0, 0.1) is 0 Å². The number of nitrogens with one attached hydrogen (secondary N) is 3. The summed E-state index contributed by atoms with van der Waals surface area (Å²) in [5.41, 5.74) is 4.44. The molecule has 3 amide bonds. The van der Waals surface area contributed by atoms with Gasteiger partial charge in [0.1, 0.15) is 5.70 Å². The van der Waals surface area contributed by atoms with Gasteiger partial charge in [0.05, 0.1) is 5.75 Å². The van der Waals surface area contributed by atoms with Gasteiger partial charge >= 0.3 is 0 Å². The third-order valence-corrected chi connectivity index (χ3v) is 7.93. The van der Waals surface area contributed by atoms with E-state index >= 15 is 0 Å². The molecular formula is C36H27Cl2N3O3S. The number of thioether (sulfide) groups is 1. The minimum atomic E-state index is -0.480. The molecule has 0 aromatic heterocycles. The monoisotopic (exact) mass is 651 g/mol. The largest absolute Gasteiger partial charge is 0.325 e. The number of amides is 3. The maximum absolute atomic E-state index is 13.4. The molecule has 0 aliphatic rings. The molecule has 5 rings (SSSR count). The maximum atomic E-state index is 13.4. The van der Waals surface area contributed by atoms with Gasteiger partial charge in [0.2, 0.25) is 5.91 Å². The van der Waals surface area contributed by atoms with Crippen LogP contribution in [0.4, 0.5) is 11.4 Å². The molecule has 5 aromatic carbocycles. The molecule has 3 N–H and O–H groups in total. The molecular weight excluding hydrogens is 625 g/mol. The second-order valence-corrected chi connectivity index (χ2v) is 11.8. The van der Waals surface area contributed by atoms with Gasteiger partial charge in [-0.2, -0.15) is 0 Å². The molecule has 0 saturated heterocycles. The Morgan fingerprint density at radius 3 is 1.89 bits per heavy atom. The fourth-order valence-electron chi connectivity index (χ4n) is 4.32. The topological polar surface area (TPSA) is 87.3 Å². The number of benzene rings is 5. The highest BCUT2D eigenvalue weighted by molar-refractivity contribution is 8.00. The Labute approximate surface area is 275 Å². The summed E-state index contributed by atoms with van der Waals surface area (Å²) in [7, 11) is 0. The molecule has 0 aliphatic carbocycles. The van der Waals surface area contributed by atoms with Gasteiger partial charge in [-0.1, -0.05) is 96.0 Å². The molecule has 0 bridgehead atoms. The average Bonchev–Trinajstić information content (AvgIpc) is 3.05. The normalized spacial score (nSPS) is 11.0. The second-order valence-electron chi connectivity index (χ2n) is 9.84. The zero-order valence-electron chi connectivity index (χ0n) is 23.8. The molecule has 45 heavy (non-hydrogen) atoms. The van der Waals surface area contributed by atoms with Crippen molar-refractivity contribution >= 4 is 70.1 Å². The molecule has 0 unspecified atom stereocenters. The number of anilines is 2. The molecule has 0 heterocycles. The van der Waals surface area contributed by atoms with Crippen LogP contribution in [0.2, 0.25) is 10.0 Å². The molecule has 0 fully saturated rings. The summed E-state index contributed by atoms with van der Waals surface area (Å²) in [5, 5.41) is 9.26. The van der Waals surface area contributed by atoms with Crippen LogP contribution >= 0.6 is 35.0 Å². The van der Waals surface area contributed by atoms with Gasteiger partial charge in [0, 0.05) is 31.9 Å². The summed E-state index contributed by atoms with van der Waals surface area (Å²) in [4.78, 5) is 39.6. The molecule has 6 nitrogen and oxygen atoms in total. The van der Waals surface area contributed by atoms with Crippen molar-refractivity contribution < 1.29 is 14.4 Å². The van der Waals surface area contributed by atoms with E-state index in [-0.39, 0.29) is 17.4 Å². The van der Waals surface area contributed by atoms with Crippen LogP contribution in [-0.4, -0.2) is 23.5 Å². The van der Waals surface area contributed by atoms with Crippen LogP contribution in [0.1, 0.15) is 15.9 Å². The Kier molecular flexibility index (Phi) is 10.7. The molecule has 0 saturated carbocycles. The lowest BCUT2D eigenvalue weighted by molar-refractivity contribution is -0.114. The van der Waals surface area contributed by atoms with E-state index in [1.54, 1.807) is 72.8 Å². The van der Waals surface area contributed by atoms with E-state index in [2.05, 4.69) is 16.0 Å². The molecule has 224 valence electrons. The lowest BCUT2D eigenvalue weighted by Crippen LogP contribution is -2.30. The summed E-state index contributed by atoms with van der Waals surface area (Å²) in [6.45, 7) is 0. The van der Waals surface area contributed by atoms with Crippen molar-refractivity contribution in [3.8, 4) is 11.1 Å². The molecule has 0 spiro atoms. The van der Waals surface area contributed by atoms with E-state index in [4.69, 9.17) is 23.2 Å². The predicted molar refractivity (Wildman–Crippen MR) is 185 cm³/mol. The van der Waals surface area contributed by atoms with Gasteiger partial charge in [-0.3, -0.25) is 14.4 Å². The van der Waals surface area contributed by atoms with Crippen LogP contribution in [0.25, 0.3) is 17.2 Å². The minimum Gasteiger partial charge on any atom is -0.325 e. The lowest BCUT2D eigenvalue weighted by atomic mass is 10.0. The third kappa shape index (κ3) is 9.33. The lowest BCUT2D eigenvalue weighted by Gasteiger charge is -2.12. The Morgan fingerprint density at radius 2 is 1.24 bits per heavy atom. The second kappa shape index (κ2) is 15.3. The van der Waals surface area contributed by atoms with Crippen molar-refractivity contribution in [2.24, 2.45) is 0 Å². The van der Waals surface area contributed by atoms with Gasteiger partial charge in [0.25, 0.3) is 11.8 Å². The van der Waals surface area contributed by atoms with Crippen molar-refractivity contribution in [2.45, 2.75) is 4.90 Å². The van der Waals surface area contributed by atoms with Crippen molar-refractivity contribution in [1.82, 2.24) is 5.32 Å². The number of carbonyl (C=O) groups is 3. The first kappa shape index (κ1) is 31.6. The first-order chi connectivity index (χ1) is 21.8. The third-order valence-electron chi connectivity index (χ3n) is 6.49. The first-order valence-electron chi connectivity index (χ1n) is 13.9.